The molecule has 0 bridgehead atoms. The van der Waals surface area contributed by atoms with Gasteiger partial charge < -0.3 is 5.32 Å². The van der Waals surface area contributed by atoms with Gasteiger partial charge in [-0.2, -0.15) is 13.2 Å². The van der Waals surface area contributed by atoms with Crippen molar-refractivity contribution in [2.24, 2.45) is 0 Å². The van der Waals surface area contributed by atoms with Crippen molar-refractivity contribution in [2.45, 2.75) is 31.4 Å². The Labute approximate surface area is 99.0 Å². The van der Waals surface area contributed by atoms with Gasteiger partial charge in [0.2, 0.25) is 0 Å². The van der Waals surface area contributed by atoms with Crippen LogP contribution in [0.4, 0.5) is 13.2 Å². The van der Waals surface area contributed by atoms with E-state index in [1.54, 1.807) is 18.2 Å². The van der Waals surface area contributed by atoms with Crippen molar-refractivity contribution in [3.05, 3.63) is 35.4 Å². The summed E-state index contributed by atoms with van der Waals surface area (Å²) in [5, 5.41) is 3.28. The van der Waals surface area contributed by atoms with Crippen LogP contribution in [0, 0.1) is 0 Å². The van der Waals surface area contributed by atoms with Gasteiger partial charge in [0.15, 0.2) is 0 Å². The molecule has 1 saturated heterocycles. The van der Waals surface area contributed by atoms with E-state index in [1.165, 1.54) is 0 Å². The molecule has 1 aromatic rings. The van der Waals surface area contributed by atoms with Gasteiger partial charge in [0.05, 0.1) is 6.42 Å². The number of rotatable bonds is 2. The van der Waals surface area contributed by atoms with Crippen molar-refractivity contribution >= 4 is 0 Å². The lowest BCUT2D eigenvalue weighted by atomic mass is 9.90. The molecule has 1 nitrogen and oxygen atoms in total. The molecular formula is C13H16F3N. The first-order valence-electron chi connectivity index (χ1n) is 5.91. The summed E-state index contributed by atoms with van der Waals surface area (Å²) in [7, 11) is 0. The highest BCUT2D eigenvalue weighted by Crippen LogP contribution is 2.26. The zero-order valence-electron chi connectivity index (χ0n) is 9.56. The molecular weight excluding hydrogens is 227 g/mol. The van der Waals surface area contributed by atoms with E-state index >= 15 is 0 Å². The number of nitrogens with one attached hydrogen (secondary N) is 1. The largest absolute Gasteiger partial charge is 0.393 e. The molecule has 94 valence electrons. The molecule has 1 heterocycles. The van der Waals surface area contributed by atoms with E-state index < -0.39 is 12.6 Å². The first kappa shape index (κ1) is 12.4. The molecule has 0 saturated carbocycles. The number of piperidine rings is 1. The smallest absolute Gasteiger partial charge is 0.316 e. The fraction of sp³-hybridized carbons (Fsp3) is 0.538. The Bertz CT molecular complexity index is 367. The Balaban J connectivity index is 2.10. The second kappa shape index (κ2) is 5.08. The molecule has 1 unspecified atom stereocenters. The molecule has 1 aromatic carbocycles. The van der Waals surface area contributed by atoms with E-state index in [-0.39, 0.29) is 0 Å². The molecule has 1 aliphatic heterocycles. The molecule has 0 amide bonds. The summed E-state index contributed by atoms with van der Waals surface area (Å²) in [6.45, 7) is 1.88. The van der Waals surface area contributed by atoms with E-state index in [1.807, 2.05) is 6.07 Å². The minimum Gasteiger partial charge on any atom is -0.316 e. The fourth-order valence-electron chi connectivity index (χ4n) is 2.32. The molecule has 4 heteroatoms. The van der Waals surface area contributed by atoms with Crippen molar-refractivity contribution in [2.75, 3.05) is 13.1 Å². The Morgan fingerprint density at radius 3 is 2.76 bits per heavy atom. The van der Waals surface area contributed by atoms with Crippen LogP contribution in [-0.4, -0.2) is 19.3 Å². The third-order valence-corrected chi connectivity index (χ3v) is 3.12. The third kappa shape index (κ3) is 3.73. The van der Waals surface area contributed by atoms with Gasteiger partial charge in [0.1, 0.15) is 0 Å². The lowest BCUT2D eigenvalue weighted by Crippen LogP contribution is -2.28. The number of halogens is 3. The normalized spacial score (nSPS) is 21.5. The maximum atomic E-state index is 12.3. The quantitative estimate of drug-likeness (QED) is 0.840. The average Bonchev–Trinajstić information content (AvgIpc) is 2.28. The summed E-state index contributed by atoms with van der Waals surface area (Å²) in [5.41, 5.74) is 1.39. The lowest BCUT2D eigenvalue weighted by molar-refractivity contribution is -0.127. The van der Waals surface area contributed by atoms with Crippen LogP contribution in [0.15, 0.2) is 24.3 Å². The summed E-state index contributed by atoms with van der Waals surface area (Å²) in [4.78, 5) is 0. The fourth-order valence-corrected chi connectivity index (χ4v) is 2.32. The van der Waals surface area contributed by atoms with Gasteiger partial charge in [0.25, 0.3) is 0 Å². The topological polar surface area (TPSA) is 12.0 Å². The van der Waals surface area contributed by atoms with Gasteiger partial charge in [0, 0.05) is 6.54 Å². The summed E-state index contributed by atoms with van der Waals surface area (Å²) < 4.78 is 36.9. The van der Waals surface area contributed by atoms with Gasteiger partial charge in [-0.3, -0.25) is 0 Å². The van der Waals surface area contributed by atoms with Crippen molar-refractivity contribution in [3.8, 4) is 0 Å². The minimum atomic E-state index is -4.12. The molecule has 17 heavy (non-hydrogen) atoms. The van der Waals surface area contributed by atoms with Crippen molar-refractivity contribution in [3.63, 3.8) is 0 Å². The third-order valence-electron chi connectivity index (χ3n) is 3.12. The highest BCUT2D eigenvalue weighted by Gasteiger charge is 2.27. The monoisotopic (exact) mass is 243 g/mol. The molecule has 0 aromatic heterocycles. The van der Waals surface area contributed by atoms with Crippen molar-refractivity contribution < 1.29 is 13.2 Å². The zero-order valence-corrected chi connectivity index (χ0v) is 9.56. The number of hydrogen-bond acceptors (Lipinski definition) is 1. The molecule has 2 rings (SSSR count). The van der Waals surface area contributed by atoms with Gasteiger partial charge >= 0.3 is 6.18 Å². The molecule has 0 radical (unpaired) electrons. The van der Waals surface area contributed by atoms with Crippen LogP contribution in [0.1, 0.15) is 29.9 Å². The standard InChI is InChI=1S/C13H16F3N/c14-13(15,16)8-10-3-1-4-11(7-10)12-5-2-6-17-9-12/h1,3-4,7,12,17H,2,5-6,8-9H2. The summed E-state index contributed by atoms with van der Waals surface area (Å²) in [5.74, 6) is 0.358. The zero-order chi connectivity index (χ0) is 12.3. The predicted molar refractivity (Wildman–Crippen MR) is 61.0 cm³/mol. The molecule has 0 spiro atoms. The predicted octanol–water partition coefficient (Wildman–Crippen LogP) is 3.26. The number of alkyl halides is 3. The van der Waals surface area contributed by atoms with Crippen LogP contribution in [0.2, 0.25) is 0 Å². The van der Waals surface area contributed by atoms with E-state index in [0.29, 0.717) is 11.5 Å². The van der Waals surface area contributed by atoms with Crippen molar-refractivity contribution in [1.82, 2.24) is 5.32 Å². The number of benzene rings is 1. The van der Waals surface area contributed by atoms with Crippen LogP contribution in [-0.2, 0) is 6.42 Å². The van der Waals surface area contributed by atoms with Crippen LogP contribution < -0.4 is 5.32 Å². The SMILES string of the molecule is FC(F)(F)Cc1cccc(C2CCCNC2)c1. The van der Waals surface area contributed by atoms with E-state index in [0.717, 1.165) is 31.5 Å². The highest BCUT2D eigenvalue weighted by atomic mass is 19.4. The first-order chi connectivity index (χ1) is 8.04. The maximum Gasteiger partial charge on any atom is 0.393 e. The molecule has 1 atom stereocenters. The maximum absolute atomic E-state index is 12.3. The first-order valence-corrected chi connectivity index (χ1v) is 5.91. The lowest BCUT2D eigenvalue weighted by Gasteiger charge is -2.23. The Hall–Kier alpha value is -1.03. The van der Waals surface area contributed by atoms with Gasteiger partial charge in [-0.05, 0) is 36.4 Å². The molecule has 1 fully saturated rings. The van der Waals surface area contributed by atoms with E-state index in [4.69, 9.17) is 0 Å². The van der Waals surface area contributed by atoms with Crippen molar-refractivity contribution in [1.29, 1.82) is 0 Å². The Morgan fingerprint density at radius 2 is 2.12 bits per heavy atom. The van der Waals surface area contributed by atoms with Gasteiger partial charge in [-0.15, -0.1) is 0 Å². The molecule has 1 aliphatic rings. The molecule has 0 aliphatic carbocycles. The minimum absolute atomic E-state index is 0.358. The highest BCUT2D eigenvalue weighted by molar-refractivity contribution is 5.27. The van der Waals surface area contributed by atoms with E-state index in [9.17, 15) is 13.2 Å². The Morgan fingerprint density at radius 1 is 1.29 bits per heavy atom. The van der Waals surface area contributed by atoms with Crippen LogP contribution in [0.3, 0.4) is 0 Å². The van der Waals surface area contributed by atoms with Crippen LogP contribution in [0.5, 0.6) is 0 Å². The summed E-state index contributed by atoms with van der Waals surface area (Å²) in [6, 6.07) is 6.90. The van der Waals surface area contributed by atoms with Gasteiger partial charge in [-0.25, -0.2) is 0 Å². The van der Waals surface area contributed by atoms with Gasteiger partial charge in [-0.1, -0.05) is 24.3 Å². The van der Waals surface area contributed by atoms with E-state index in [2.05, 4.69) is 5.32 Å². The second-order valence-electron chi connectivity index (χ2n) is 4.58. The summed E-state index contributed by atoms with van der Waals surface area (Å²) in [6.07, 6.45) is -2.80. The average molecular weight is 243 g/mol. The number of hydrogen-bond donors (Lipinski definition) is 1. The van der Waals surface area contributed by atoms with Crippen LogP contribution in [0.25, 0.3) is 0 Å². The van der Waals surface area contributed by atoms with Crippen LogP contribution >= 0.6 is 0 Å². The molecule has 1 N–H and O–H groups in total. The second-order valence-corrected chi connectivity index (χ2v) is 4.58. The Kier molecular flexibility index (Phi) is 3.72. The summed E-state index contributed by atoms with van der Waals surface area (Å²) >= 11 is 0.